The normalized spacial score (nSPS) is 11.0. The van der Waals surface area contributed by atoms with Crippen molar-refractivity contribution >= 4 is 28.5 Å². The number of nitrogens with one attached hydrogen (secondary N) is 1. The van der Waals surface area contributed by atoms with Gasteiger partial charge in [0.2, 0.25) is 0 Å². The smallest absolute Gasteiger partial charge is 0.326 e. The van der Waals surface area contributed by atoms with E-state index in [0.717, 1.165) is 34.4 Å². The van der Waals surface area contributed by atoms with E-state index in [1.165, 1.54) is 0 Å². The van der Waals surface area contributed by atoms with Crippen molar-refractivity contribution in [3.63, 3.8) is 0 Å². The molecule has 164 valence electrons. The number of anilines is 1. The van der Waals surface area contributed by atoms with Gasteiger partial charge >= 0.3 is 5.97 Å². The molecule has 0 radical (unpaired) electrons. The maximum absolute atomic E-state index is 12.5. The Hall–Kier alpha value is -3.87. The van der Waals surface area contributed by atoms with Crippen molar-refractivity contribution in [2.45, 2.75) is 33.7 Å². The molecule has 1 amide bonds. The van der Waals surface area contributed by atoms with E-state index in [4.69, 9.17) is 4.74 Å². The van der Waals surface area contributed by atoms with Crippen molar-refractivity contribution in [1.82, 2.24) is 14.3 Å². The highest BCUT2D eigenvalue weighted by atomic mass is 16.5. The van der Waals surface area contributed by atoms with E-state index in [0.29, 0.717) is 11.4 Å². The highest BCUT2D eigenvalue weighted by Crippen LogP contribution is 2.23. The number of rotatable bonds is 7. The Kier molecular flexibility index (Phi) is 6.07. The number of fused-ring (bicyclic) bond motifs is 1. The highest BCUT2D eigenvalue weighted by molar-refractivity contribution is 5.94. The van der Waals surface area contributed by atoms with Gasteiger partial charge in [-0.15, -0.1) is 0 Å². The first kappa shape index (κ1) is 21.4. The molecule has 7 nitrogen and oxygen atoms in total. The van der Waals surface area contributed by atoms with Crippen molar-refractivity contribution in [1.29, 1.82) is 0 Å². The van der Waals surface area contributed by atoms with Gasteiger partial charge in [-0.3, -0.25) is 9.59 Å². The third-order valence-electron chi connectivity index (χ3n) is 5.47. The lowest BCUT2D eigenvalue weighted by Crippen LogP contribution is -2.23. The number of benzene rings is 2. The predicted octanol–water partition coefficient (Wildman–Crippen LogP) is 4.19. The minimum absolute atomic E-state index is 0.0635. The number of esters is 1. The molecule has 7 heteroatoms. The second-order valence-electron chi connectivity index (χ2n) is 7.64. The van der Waals surface area contributed by atoms with Gasteiger partial charge in [-0.25, -0.2) is 4.68 Å². The Morgan fingerprint density at radius 1 is 1.03 bits per heavy atom. The number of hydrogen-bond acceptors (Lipinski definition) is 4. The van der Waals surface area contributed by atoms with Gasteiger partial charge in [0.15, 0.2) is 6.61 Å². The number of ether oxygens (including phenoxy) is 1. The van der Waals surface area contributed by atoms with Crippen LogP contribution < -0.4 is 5.32 Å². The molecule has 0 atom stereocenters. The summed E-state index contributed by atoms with van der Waals surface area (Å²) >= 11 is 0. The Balaban J connectivity index is 1.40. The van der Waals surface area contributed by atoms with E-state index in [1.807, 2.05) is 79.9 Å². The quantitative estimate of drug-likeness (QED) is 0.446. The molecule has 1 N–H and O–H groups in total. The average Bonchev–Trinajstić information content (AvgIpc) is 3.30. The van der Waals surface area contributed by atoms with E-state index < -0.39 is 11.9 Å². The molecule has 0 spiro atoms. The SMILES string of the molecule is CCc1cc2ccccc2n1CC(=O)OCC(=O)Nc1c(C)nn(-c2ccccc2)c1C. The molecule has 4 aromatic rings. The molecule has 0 saturated heterocycles. The topological polar surface area (TPSA) is 78.2 Å². The standard InChI is InChI=1S/C25H26N4O3/c1-4-20-14-19-10-8-9-13-22(19)28(20)15-24(31)32-16-23(30)26-25-17(2)27-29(18(25)3)21-11-6-5-7-12-21/h5-14H,4,15-16H2,1-3H3,(H,26,30). The number of amides is 1. The van der Waals surface area contributed by atoms with Crippen LogP contribution in [0.2, 0.25) is 0 Å². The molecule has 2 aromatic carbocycles. The van der Waals surface area contributed by atoms with Crippen LogP contribution in [-0.2, 0) is 27.3 Å². The Bertz CT molecular complexity index is 1270. The van der Waals surface area contributed by atoms with Crippen LogP contribution in [0.1, 0.15) is 24.0 Å². The van der Waals surface area contributed by atoms with E-state index in [9.17, 15) is 9.59 Å². The number of carbonyl (C=O) groups is 2. The summed E-state index contributed by atoms with van der Waals surface area (Å²) in [5, 5.41) is 8.43. The second kappa shape index (κ2) is 9.09. The Morgan fingerprint density at radius 3 is 2.50 bits per heavy atom. The van der Waals surface area contributed by atoms with Crippen molar-refractivity contribution in [3.05, 3.63) is 77.7 Å². The number of carbonyl (C=O) groups excluding carboxylic acids is 2. The Labute approximate surface area is 186 Å². The third-order valence-corrected chi connectivity index (χ3v) is 5.47. The molecule has 0 unspecified atom stereocenters. The van der Waals surface area contributed by atoms with Crippen molar-refractivity contribution < 1.29 is 14.3 Å². The first-order chi connectivity index (χ1) is 15.5. The van der Waals surface area contributed by atoms with Crippen LogP contribution in [-0.4, -0.2) is 32.8 Å². The fraction of sp³-hybridized carbons (Fsp3) is 0.240. The summed E-state index contributed by atoms with van der Waals surface area (Å²) in [6.07, 6.45) is 0.798. The summed E-state index contributed by atoms with van der Waals surface area (Å²) in [7, 11) is 0. The minimum Gasteiger partial charge on any atom is -0.454 e. The van der Waals surface area contributed by atoms with Gasteiger partial charge in [0, 0.05) is 11.2 Å². The lowest BCUT2D eigenvalue weighted by molar-refractivity contribution is -0.147. The summed E-state index contributed by atoms with van der Waals surface area (Å²) < 4.78 is 8.99. The summed E-state index contributed by atoms with van der Waals surface area (Å²) in [5.74, 6) is -0.852. The van der Waals surface area contributed by atoms with Gasteiger partial charge in [0.25, 0.3) is 5.91 Å². The number of para-hydroxylation sites is 2. The van der Waals surface area contributed by atoms with Gasteiger partial charge in [0.1, 0.15) is 6.54 Å². The fourth-order valence-corrected chi connectivity index (χ4v) is 3.89. The molecule has 0 aliphatic heterocycles. The molecule has 2 aromatic heterocycles. The first-order valence-corrected chi connectivity index (χ1v) is 10.6. The lowest BCUT2D eigenvalue weighted by Gasteiger charge is -2.10. The summed E-state index contributed by atoms with van der Waals surface area (Å²) in [5.41, 5.74) is 5.06. The summed E-state index contributed by atoms with van der Waals surface area (Å²) in [4.78, 5) is 24.9. The van der Waals surface area contributed by atoms with Gasteiger partial charge in [-0.2, -0.15) is 5.10 Å². The highest BCUT2D eigenvalue weighted by Gasteiger charge is 2.17. The number of aryl methyl sites for hydroxylation is 2. The largest absolute Gasteiger partial charge is 0.454 e. The minimum atomic E-state index is -0.454. The van der Waals surface area contributed by atoms with Crippen LogP contribution in [0.15, 0.2) is 60.7 Å². The average molecular weight is 431 g/mol. The maximum Gasteiger partial charge on any atom is 0.326 e. The van der Waals surface area contributed by atoms with Crippen molar-refractivity contribution in [2.75, 3.05) is 11.9 Å². The maximum atomic E-state index is 12.5. The molecular formula is C25H26N4O3. The van der Waals surface area contributed by atoms with Gasteiger partial charge in [0.05, 0.1) is 22.8 Å². The third kappa shape index (κ3) is 4.27. The fourth-order valence-electron chi connectivity index (χ4n) is 3.89. The zero-order valence-corrected chi connectivity index (χ0v) is 18.5. The first-order valence-electron chi connectivity index (χ1n) is 10.6. The van der Waals surface area contributed by atoms with E-state index >= 15 is 0 Å². The molecule has 4 rings (SSSR count). The number of aromatic nitrogens is 3. The molecule has 0 aliphatic rings. The van der Waals surface area contributed by atoms with Crippen LogP contribution in [0, 0.1) is 13.8 Å². The summed E-state index contributed by atoms with van der Waals surface area (Å²) in [6.45, 7) is 5.47. The van der Waals surface area contributed by atoms with Gasteiger partial charge < -0.3 is 14.6 Å². The molecular weight excluding hydrogens is 404 g/mol. The lowest BCUT2D eigenvalue weighted by atomic mass is 10.2. The van der Waals surface area contributed by atoms with E-state index in [-0.39, 0.29) is 13.2 Å². The molecule has 0 aliphatic carbocycles. The van der Waals surface area contributed by atoms with Crippen LogP contribution in [0.3, 0.4) is 0 Å². The zero-order chi connectivity index (χ0) is 22.7. The van der Waals surface area contributed by atoms with Crippen LogP contribution in [0.5, 0.6) is 0 Å². The molecule has 0 fully saturated rings. The second-order valence-corrected chi connectivity index (χ2v) is 7.64. The molecule has 0 saturated carbocycles. The number of nitrogens with zero attached hydrogens (tertiary/aromatic N) is 3. The van der Waals surface area contributed by atoms with E-state index in [2.05, 4.69) is 16.5 Å². The molecule has 32 heavy (non-hydrogen) atoms. The number of hydrogen-bond donors (Lipinski definition) is 1. The van der Waals surface area contributed by atoms with E-state index in [1.54, 1.807) is 4.68 Å². The van der Waals surface area contributed by atoms with Crippen LogP contribution in [0.4, 0.5) is 5.69 Å². The molecule has 0 bridgehead atoms. The van der Waals surface area contributed by atoms with Crippen LogP contribution >= 0.6 is 0 Å². The van der Waals surface area contributed by atoms with Crippen molar-refractivity contribution in [2.24, 2.45) is 0 Å². The van der Waals surface area contributed by atoms with Gasteiger partial charge in [-0.1, -0.05) is 43.3 Å². The van der Waals surface area contributed by atoms with Gasteiger partial charge in [-0.05, 0) is 49.9 Å². The van der Waals surface area contributed by atoms with Crippen molar-refractivity contribution in [3.8, 4) is 5.69 Å². The van der Waals surface area contributed by atoms with Crippen LogP contribution in [0.25, 0.3) is 16.6 Å². The summed E-state index contributed by atoms with van der Waals surface area (Å²) in [6, 6.07) is 19.7. The predicted molar refractivity (Wildman–Crippen MR) is 124 cm³/mol. The monoisotopic (exact) mass is 430 g/mol. The Morgan fingerprint density at radius 2 is 1.75 bits per heavy atom. The molecule has 2 heterocycles. The zero-order valence-electron chi connectivity index (χ0n) is 18.5.